The van der Waals surface area contributed by atoms with E-state index in [4.69, 9.17) is 10.5 Å². The van der Waals surface area contributed by atoms with E-state index < -0.39 is 11.4 Å². The fourth-order valence-corrected chi connectivity index (χ4v) is 2.36. The zero-order chi connectivity index (χ0) is 15.2. The third-order valence-corrected chi connectivity index (χ3v) is 3.50. The van der Waals surface area contributed by atoms with Crippen molar-refractivity contribution in [3.05, 3.63) is 35.9 Å². The highest BCUT2D eigenvalue weighted by molar-refractivity contribution is 5.86. The Bertz CT molecular complexity index is 420. The lowest BCUT2D eigenvalue weighted by molar-refractivity contribution is -0.128. The van der Waals surface area contributed by atoms with Crippen molar-refractivity contribution in [1.29, 1.82) is 0 Å². The first kappa shape index (κ1) is 16.7. The van der Waals surface area contributed by atoms with E-state index in [2.05, 4.69) is 19.2 Å². The van der Waals surface area contributed by atoms with Crippen LogP contribution < -0.4 is 11.1 Å². The molecule has 0 spiro atoms. The number of benzene rings is 1. The van der Waals surface area contributed by atoms with Crippen molar-refractivity contribution in [3.63, 3.8) is 0 Å². The molecule has 1 aromatic carbocycles. The Labute approximate surface area is 121 Å². The van der Waals surface area contributed by atoms with Gasteiger partial charge in [-0.3, -0.25) is 4.79 Å². The summed E-state index contributed by atoms with van der Waals surface area (Å²) in [5.74, 6) is 0.127. The molecule has 2 unspecified atom stereocenters. The lowest BCUT2D eigenvalue weighted by atomic mass is 9.90. The summed E-state index contributed by atoms with van der Waals surface area (Å²) >= 11 is 0. The number of rotatable bonds is 8. The molecule has 0 fully saturated rings. The second-order valence-electron chi connectivity index (χ2n) is 5.64. The van der Waals surface area contributed by atoms with Crippen LogP contribution in [0.15, 0.2) is 30.3 Å². The summed E-state index contributed by atoms with van der Waals surface area (Å²) in [6.07, 6.45) is 1.04. The van der Waals surface area contributed by atoms with Gasteiger partial charge in [-0.15, -0.1) is 0 Å². The van der Waals surface area contributed by atoms with Gasteiger partial charge >= 0.3 is 0 Å². The first-order valence-corrected chi connectivity index (χ1v) is 7.08. The lowest BCUT2D eigenvalue weighted by Gasteiger charge is -2.32. The van der Waals surface area contributed by atoms with Crippen molar-refractivity contribution in [1.82, 2.24) is 5.32 Å². The SMILES string of the molecule is CNC(COC(C)CC(C)C)(C(N)=O)c1ccccc1. The Hall–Kier alpha value is -1.39. The van der Waals surface area contributed by atoms with Gasteiger partial charge in [0.05, 0.1) is 12.7 Å². The fraction of sp³-hybridized carbons (Fsp3) is 0.562. The molecular weight excluding hydrogens is 252 g/mol. The molecule has 0 aliphatic rings. The highest BCUT2D eigenvalue weighted by Gasteiger charge is 2.37. The molecule has 1 rings (SSSR count). The zero-order valence-corrected chi connectivity index (χ0v) is 12.8. The normalized spacial score (nSPS) is 15.8. The zero-order valence-electron chi connectivity index (χ0n) is 12.8. The van der Waals surface area contributed by atoms with E-state index in [1.807, 2.05) is 37.3 Å². The number of amides is 1. The Morgan fingerprint density at radius 2 is 1.90 bits per heavy atom. The number of nitrogens with two attached hydrogens (primary N) is 1. The largest absolute Gasteiger partial charge is 0.376 e. The molecular formula is C16H26N2O2. The van der Waals surface area contributed by atoms with E-state index in [0.717, 1.165) is 12.0 Å². The Balaban J connectivity index is 2.88. The van der Waals surface area contributed by atoms with Crippen molar-refractivity contribution in [2.75, 3.05) is 13.7 Å². The molecule has 0 aliphatic heterocycles. The first-order valence-electron chi connectivity index (χ1n) is 7.08. The van der Waals surface area contributed by atoms with E-state index in [1.165, 1.54) is 0 Å². The lowest BCUT2D eigenvalue weighted by Crippen LogP contribution is -2.55. The topological polar surface area (TPSA) is 64.3 Å². The summed E-state index contributed by atoms with van der Waals surface area (Å²) in [7, 11) is 1.73. The summed E-state index contributed by atoms with van der Waals surface area (Å²) < 4.78 is 5.86. The molecule has 0 aliphatic carbocycles. The maximum Gasteiger partial charge on any atom is 0.244 e. The molecule has 4 heteroatoms. The molecule has 0 bridgehead atoms. The molecule has 1 amide bonds. The van der Waals surface area contributed by atoms with Crippen LogP contribution in [0.5, 0.6) is 0 Å². The first-order chi connectivity index (χ1) is 9.42. The molecule has 2 atom stereocenters. The molecule has 0 radical (unpaired) electrons. The van der Waals surface area contributed by atoms with Crippen LogP contribution in [0.2, 0.25) is 0 Å². The molecule has 112 valence electrons. The third kappa shape index (κ3) is 4.05. The van der Waals surface area contributed by atoms with Gasteiger partial charge < -0.3 is 15.8 Å². The quantitative estimate of drug-likeness (QED) is 0.765. The van der Waals surface area contributed by atoms with Crippen LogP contribution in [-0.4, -0.2) is 25.7 Å². The second kappa shape index (κ2) is 7.41. The molecule has 1 aromatic rings. The van der Waals surface area contributed by atoms with Crippen LogP contribution in [0.25, 0.3) is 0 Å². The van der Waals surface area contributed by atoms with E-state index >= 15 is 0 Å². The van der Waals surface area contributed by atoms with E-state index in [0.29, 0.717) is 5.92 Å². The number of carbonyl (C=O) groups is 1. The van der Waals surface area contributed by atoms with Crippen molar-refractivity contribution in [2.45, 2.75) is 38.8 Å². The van der Waals surface area contributed by atoms with Crippen LogP contribution in [0, 0.1) is 5.92 Å². The van der Waals surface area contributed by atoms with Gasteiger partial charge in [-0.1, -0.05) is 44.2 Å². The van der Waals surface area contributed by atoms with Gasteiger partial charge in [0.15, 0.2) is 0 Å². The maximum absolute atomic E-state index is 12.0. The smallest absolute Gasteiger partial charge is 0.244 e. The maximum atomic E-state index is 12.0. The van der Waals surface area contributed by atoms with Crippen LogP contribution in [0.3, 0.4) is 0 Å². The highest BCUT2D eigenvalue weighted by Crippen LogP contribution is 2.22. The number of primary amides is 1. The average Bonchev–Trinajstić information content (AvgIpc) is 2.40. The number of hydrogen-bond acceptors (Lipinski definition) is 3. The molecule has 20 heavy (non-hydrogen) atoms. The molecule has 0 saturated heterocycles. The number of carbonyl (C=O) groups excluding carboxylic acids is 1. The van der Waals surface area contributed by atoms with Gasteiger partial charge in [0, 0.05) is 0 Å². The van der Waals surface area contributed by atoms with E-state index in [9.17, 15) is 4.79 Å². The molecule has 4 nitrogen and oxygen atoms in total. The Kier molecular flexibility index (Phi) is 6.17. The van der Waals surface area contributed by atoms with Crippen LogP contribution in [-0.2, 0) is 15.1 Å². The van der Waals surface area contributed by atoms with Gasteiger partial charge in [0.25, 0.3) is 0 Å². The molecule has 0 aromatic heterocycles. The third-order valence-electron chi connectivity index (χ3n) is 3.50. The van der Waals surface area contributed by atoms with Gasteiger partial charge in [-0.25, -0.2) is 0 Å². The number of nitrogens with one attached hydrogen (secondary N) is 1. The van der Waals surface area contributed by atoms with Crippen LogP contribution in [0.4, 0.5) is 0 Å². The van der Waals surface area contributed by atoms with Crippen LogP contribution >= 0.6 is 0 Å². The van der Waals surface area contributed by atoms with Gasteiger partial charge in [-0.2, -0.15) is 0 Å². The standard InChI is InChI=1S/C16H26N2O2/c1-12(2)10-13(3)20-11-16(18-4,15(17)19)14-8-6-5-7-9-14/h5-9,12-13,18H,10-11H2,1-4H3,(H2,17,19). The van der Waals surface area contributed by atoms with Gasteiger partial charge in [0.1, 0.15) is 5.54 Å². The predicted molar refractivity (Wildman–Crippen MR) is 81.2 cm³/mol. The molecule has 3 N–H and O–H groups in total. The summed E-state index contributed by atoms with van der Waals surface area (Å²) in [6, 6.07) is 9.46. The van der Waals surface area contributed by atoms with E-state index in [1.54, 1.807) is 7.05 Å². The highest BCUT2D eigenvalue weighted by atomic mass is 16.5. The minimum atomic E-state index is -0.980. The summed E-state index contributed by atoms with van der Waals surface area (Å²) in [4.78, 5) is 12.0. The second-order valence-corrected chi connectivity index (χ2v) is 5.64. The summed E-state index contributed by atoms with van der Waals surface area (Å²) in [5.41, 5.74) is 5.47. The number of hydrogen-bond donors (Lipinski definition) is 2. The van der Waals surface area contributed by atoms with Crippen molar-refractivity contribution in [3.8, 4) is 0 Å². The Morgan fingerprint density at radius 1 is 1.30 bits per heavy atom. The predicted octanol–water partition coefficient (Wildman–Crippen LogP) is 2.04. The minimum absolute atomic E-state index is 0.0887. The molecule has 0 saturated carbocycles. The average molecular weight is 278 g/mol. The monoisotopic (exact) mass is 278 g/mol. The van der Waals surface area contributed by atoms with Gasteiger partial charge in [0.2, 0.25) is 5.91 Å². The summed E-state index contributed by atoms with van der Waals surface area (Å²) in [5, 5.41) is 3.04. The van der Waals surface area contributed by atoms with Gasteiger partial charge in [-0.05, 0) is 31.9 Å². The fourth-order valence-electron chi connectivity index (χ4n) is 2.36. The van der Waals surface area contributed by atoms with Crippen molar-refractivity contribution >= 4 is 5.91 Å². The summed E-state index contributed by atoms with van der Waals surface area (Å²) in [6.45, 7) is 6.55. The number of likely N-dealkylation sites (N-methyl/N-ethyl adjacent to an activating group) is 1. The minimum Gasteiger partial charge on any atom is -0.376 e. The van der Waals surface area contributed by atoms with Crippen molar-refractivity contribution in [2.24, 2.45) is 11.7 Å². The van der Waals surface area contributed by atoms with E-state index in [-0.39, 0.29) is 12.7 Å². The Morgan fingerprint density at radius 3 is 2.35 bits per heavy atom. The van der Waals surface area contributed by atoms with Crippen LogP contribution in [0.1, 0.15) is 32.8 Å². The van der Waals surface area contributed by atoms with Crippen molar-refractivity contribution < 1.29 is 9.53 Å². The molecule has 0 heterocycles. The number of ether oxygens (including phenoxy) is 1.